The van der Waals surface area contributed by atoms with E-state index in [1.54, 1.807) is 0 Å². The Hall–Kier alpha value is -2.44. The molecule has 0 fully saturated rings. The molecule has 0 spiro atoms. The molecule has 0 radical (unpaired) electrons. The maximum atomic E-state index is 13.7. The fourth-order valence-corrected chi connectivity index (χ4v) is 1.56. The standard InChI is InChI=1S/C12H12FN3O3/c1-19-7-2-3-9(13)8(6-7)12-14-10(15-16-12)4-5-11(17)18/h2-3,6H,4-5H2,1H3,(H,17,18)(H,14,15,16). The SMILES string of the molecule is COc1ccc(F)c(-c2n[nH]c(CCC(=O)O)n2)c1. The largest absolute Gasteiger partial charge is 0.497 e. The van der Waals surface area contributed by atoms with Crippen LogP contribution in [0.5, 0.6) is 5.75 Å². The average molecular weight is 265 g/mol. The third kappa shape index (κ3) is 3.06. The lowest BCUT2D eigenvalue weighted by molar-refractivity contribution is -0.137. The minimum atomic E-state index is -0.925. The molecule has 0 aliphatic rings. The third-order valence-electron chi connectivity index (χ3n) is 2.52. The number of H-pyrrole nitrogens is 1. The van der Waals surface area contributed by atoms with E-state index in [2.05, 4.69) is 15.2 Å². The van der Waals surface area contributed by atoms with E-state index in [1.807, 2.05) is 0 Å². The van der Waals surface area contributed by atoms with Crippen LogP contribution in [0.25, 0.3) is 11.4 Å². The van der Waals surface area contributed by atoms with Crippen molar-refractivity contribution in [2.24, 2.45) is 0 Å². The van der Waals surface area contributed by atoms with Gasteiger partial charge in [0.25, 0.3) is 0 Å². The summed E-state index contributed by atoms with van der Waals surface area (Å²) in [6.45, 7) is 0. The smallest absolute Gasteiger partial charge is 0.303 e. The number of aryl methyl sites for hydroxylation is 1. The van der Waals surface area contributed by atoms with E-state index in [1.165, 1.54) is 25.3 Å². The Balaban J connectivity index is 2.24. The summed E-state index contributed by atoms with van der Waals surface area (Å²) in [5, 5.41) is 15.0. The number of hydrogen-bond donors (Lipinski definition) is 2. The van der Waals surface area contributed by atoms with Crippen molar-refractivity contribution in [1.29, 1.82) is 0 Å². The summed E-state index contributed by atoms with van der Waals surface area (Å²) in [6.07, 6.45) is 0.156. The molecule has 1 aromatic carbocycles. The topological polar surface area (TPSA) is 88.1 Å². The molecule has 0 atom stereocenters. The molecule has 0 saturated heterocycles. The van der Waals surface area contributed by atoms with Crippen molar-refractivity contribution in [3.8, 4) is 17.1 Å². The number of benzene rings is 1. The first-order valence-corrected chi connectivity index (χ1v) is 5.57. The van der Waals surface area contributed by atoms with Gasteiger partial charge in [-0.3, -0.25) is 9.89 Å². The minimum absolute atomic E-state index is 0.0603. The van der Waals surface area contributed by atoms with Gasteiger partial charge in [0, 0.05) is 6.42 Å². The summed E-state index contributed by atoms with van der Waals surface area (Å²) < 4.78 is 18.7. The van der Waals surface area contributed by atoms with E-state index in [0.29, 0.717) is 11.6 Å². The van der Waals surface area contributed by atoms with Crippen LogP contribution in [0.2, 0.25) is 0 Å². The van der Waals surface area contributed by atoms with Crippen LogP contribution in [0.1, 0.15) is 12.2 Å². The Morgan fingerprint density at radius 1 is 1.53 bits per heavy atom. The van der Waals surface area contributed by atoms with Crippen molar-refractivity contribution >= 4 is 5.97 Å². The van der Waals surface area contributed by atoms with Gasteiger partial charge >= 0.3 is 5.97 Å². The van der Waals surface area contributed by atoms with Gasteiger partial charge in [-0.2, -0.15) is 5.10 Å². The first kappa shape index (κ1) is 13.0. The molecule has 7 heteroatoms. The van der Waals surface area contributed by atoms with Crippen molar-refractivity contribution < 1.29 is 19.0 Å². The van der Waals surface area contributed by atoms with Gasteiger partial charge in [0.2, 0.25) is 0 Å². The number of carbonyl (C=O) groups is 1. The maximum Gasteiger partial charge on any atom is 0.303 e. The fraction of sp³-hybridized carbons (Fsp3) is 0.250. The van der Waals surface area contributed by atoms with Crippen LogP contribution in [0, 0.1) is 5.82 Å². The second-order valence-electron chi connectivity index (χ2n) is 3.85. The average Bonchev–Trinajstić information content (AvgIpc) is 2.85. The van der Waals surface area contributed by atoms with Gasteiger partial charge in [0.15, 0.2) is 5.82 Å². The maximum absolute atomic E-state index is 13.7. The summed E-state index contributed by atoms with van der Waals surface area (Å²) in [6, 6.07) is 4.25. The van der Waals surface area contributed by atoms with E-state index in [0.717, 1.165) is 0 Å². The van der Waals surface area contributed by atoms with Crippen molar-refractivity contribution in [2.75, 3.05) is 7.11 Å². The molecule has 0 unspecified atom stereocenters. The number of carboxylic acids is 1. The summed E-state index contributed by atoms with van der Waals surface area (Å²) >= 11 is 0. The van der Waals surface area contributed by atoms with Crippen molar-refractivity contribution in [1.82, 2.24) is 15.2 Å². The number of aromatic nitrogens is 3. The minimum Gasteiger partial charge on any atom is -0.497 e. The molecule has 0 aliphatic heterocycles. The summed E-state index contributed by atoms with van der Waals surface area (Å²) in [5.74, 6) is -0.320. The fourth-order valence-electron chi connectivity index (χ4n) is 1.56. The van der Waals surface area contributed by atoms with E-state index < -0.39 is 11.8 Å². The highest BCUT2D eigenvalue weighted by atomic mass is 19.1. The molecule has 0 saturated carbocycles. The van der Waals surface area contributed by atoms with E-state index >= 15 is 0 Å². The second-order valence-corrected chi connectivity index (χ2v) is 3.85. The number of aromatic amines is 1. The van der Waals surface area contributed by atoms with Gasteiger partial charge in [0.1, 0.15) is 17.4 Å². The quantitative estimate of drug-likeness (QED) is 0.857. The highest BCUT2D eigenvalue weighted by molar-refractivity contribution is 5.67. The predicted octanol–water partition coefficient (Wildman–Crippen LogP) is 1.64. The normalized spacial score (nSPS) is 10.4. The number of aliphatic carboxylic acids is 1. The van der Waals surface area contributed by atoms with Gasteiger partial charge in [-0.05, 0) is 18.2 Å². The molecule has 1 aromatic heterocycles. The Bertz CT molecular complexity index is 598. The highest BCUT2D eigenvalue weighted by Gasteiger charge is 2.12. The van der Waals surface area contributed by atoms with Crippen LogP contribution in [0.15, 0.2) is 18.2 Å². The number of nitrogens with one attached hydrogen (secondary N) is 1. The van der Waals surface area contributed by atoms with Gasteiger partial charge < -0.3 is 9.84 Å². The van der Waals surface area contributed by atoms with Crippen LogP contribution in [0.3, 0.4) is 0 Å². The molecule has 2 N–H and O–H groups in total. The van der Waals surface area contributed by atoms with Gasteiger partial charge in [-0.25, -0.2) is 9.37 Å². The van der Waals surface area contributed by atoms with Gasteiger partial charge in [-0.15, -0.1) is 0 Å². The number of methoxy groups -OCH3 is 1. The van der Waals surface area contributed by atoms with Crippen molar-refractivity contribution in [3.63, 3.8) is 0 Å². The molecule has 100 valence electrons. The molecular formula is C12H12FN3O3. The molecule has 6 nitrogen and oxygen atoms in total. The van der Waals surface area contributed by atoms with Crippen LogP contribution in [0.4, 0.5) is 4.39 Å². The lowest BCUT2D eigenvalue weighted by Crippen LogP contribution is -1.98. The van der Waals surface area contributed by atoms with Crippen LogP contribution >= 0.6 is 0 Å². The van der Waals surface area contributed by atoms with Crippen molar-refractivity contribution in [3.05, 3.63) is 29.8 Å². The van der Waals surface area contributed by atoms with Gasteiger partial charge in [0.05, 0.1) is 19.1 Å². The van der Waals surface area contributed by atoms with Crippen LogP contribution in [-0.4, -0.2) is 33.4 Å². The first-order chi connectivity index (χ1) is 9.10. The molecule has 0 bridgehead atoms. The number of carboxylic acid groups (broad SMARTS) is 1. The zero-order valence-electron chi connectivity index (χ0n) is 10.2. The van der Waals surface area contributed by atoms with Crippen molar-refractivity contribution in [2.45, 2.75) is 12.8 Å². The molecule has 19 heavy (non-hydrogen) atoms. The predicted molar refractivity (Wildman–Crippen MR) is 64.3 cm³/mol. The Morgan fingerprint density at radius 3 is 3.00 bits per heavy atom. The number of halogens is 1. The Kier molecular flexibility index (Phi) is 3.74. The summed E-state index contributed by atoms with van der Waals surface area (Å²) in [5.41, 5.74) is 0.206. The monoisotopic (exact) mass is 265 g/mol. The third-order valence-corrected chi connectivity index (χ3v) is 2.52. The Labute approximate surface area is 108 Å². The number of rotatable bonds is 5. The molecule has 2 rings (SSSR count). The van der Waals surface area contributed by atoms with E-state index in [-0.39, 0.29) is 24.2 Å². The summed E-state index contributed by atoms with van der Waals surface area (Å²) in [4.78, 5) is 14.5. The lowest BCUT2D eigenvalue weighted by Gasteiger charge is -2.02. The molecular weight excluding hydrogens is 253 g/mol. The van der Waals surface area contributed by atoms with Crippen LogP contribution in [-0.2, 0) is 11.2 Å². The Morgan fingerprint density at radius 2 is 2.32 bits per heavy atom. The summed E-state index contributed by atoms with van der Waals surface area (Å²) in [7, 11) is 1.48. The zero-order valence-corrected chi connectivity index (χ0v) is 10.2. The number of ether oxygens (including phenoxy) is 1. The zero-order chi connectivity index (χ0) is 13.8. The highest BCUT2D eigenvalue weighted by Crippen LogP contribution is 2.24. The van der Waals surface area contributed by atoms with E-state index in [4.69, 9.17) is 9.84 Å². The number of hydrogen-bond acceptors (Lipinski definition) is 4. The first-order valence-electron chi connectivity index (χ1n) is 5.57. The van der Waals surface area contributed by atoms with Gasteiger partial charge in [-0.1, -0.05) is 0 Å². The van der Waals surface area contributed by atoms with Crippen LogP contribution < -0.4 is 4.74 Å². The molecule has 0 aliphatic carbocycles. The molecule has 1 heterocycles. The number of nitrogens with zero attached hydrogens (tertiary/aromatic N) is 2. The lowest BCUT2D eigenvalue weighted by atomic mass is 10.2. The van der Waals surface area contributed by atoms with E-state index in [9.17, 15) is 9.18 Å². The second kappa shape index (κ2) is 5.47. The molecule has 0 amide bonds. The molecule has 2 aromatic rings.